The van der Waals surface area contributed by atoms with Crippen LogP contribution in [0.2, 0.25) is 0 Å². The Kier molecular flexibility index (Phi) is 4.39. The maximum absolute atomic E-state index is 12.8. The zero-order valence-electron chi connectivity index (χ0n) is 13.2. The summed E-state index contributed by atoms with van der Waals surface area (Å²) in [6.45, 7) is 3.91. The molecule has 6 nitrogen and oxygen atoms in total. The van der Waals surface area contributed by atoms with Gasteiger partial charge in [0, 0.05) is 23.3 Å². The van der Waals surface area contributed by atoms with Gasteiger partial charge < -0.3 is 0 Å². The number of nitrogens with one attached hydrogen (secondary N) is 1. The number of aryl methyl sites for hydroxylation is 2. The molecule has 2 aromatic heterocycles. The quantitative estimate of drug-likeness (QED) is 0.720. The molecule has 0 fully saturated rings. The number of Topliss-reactive ketones (excluding diaryl/α,β-unsaturated/α-hetero) is 1. The van der Waals surface area contributed by atoms with Gasteiger partial charge >= 0.3 is 0 Å². The first-order chi connectivity index (χ1) is 11.4. The van der Waals surface area contributed by atoms with E-state index in [2.05, 4.69) is 15.4 Å². The minimum atomic E-state index is -0.402. The molecule has 2 heterocycles. The highest BCUT2D eigenvalue weighted by molar-refractivity contribution is 7.17. The Bertz CT molecular complexity index is 914. The molecule has 0 aliphatic heterocycles. The molecule has 124 valence electrons. The van der Waals surface area contributed by atoms with Crippen molar-refractivity contribution in [3.8, 4) is 0 Å². The van der Waals surface area contributed by atoms with E-state index in [0.29, 0.717) is 10.5 Å². The lowest BCUT2D eigenvalue weighted by Crippen LogP contribution is -2.14. The molecule has 1 aromatic carbocycles. The third kappa shape index (κ3) is 3.33. The van der Waals surface area contributed by atoms with Gasteiger partial charge in [-0.2, -0.15) is 4.98 Å². The fourth-order valence-electron chi connectivity index (χ4n) is 2.19. The number of carbonyl (C=O) groups is 2. The number of amides is 1. The molecule has 1 N–H and O–H groups in total. The molecule has 1 amide bonds. The Morgan fingerprint density at radius 1 is 1.21 bits per heavy atom. The van der Waals surface area contributed by atoms with E-state index in [1.807, 2.05) is 13.8 Å². The van der Waals surface area contributed by atoms with Crippen LogP contribution < -0.4 is 5.32 Å². The van der Waals surface area contributed by atoms with Gasteiger partial charge in [-0.3, -0.25) is 14.9 Å². The fraction of sp³-hybridized carbons (Fsp3) is 0.250. The van der Waals surface area contributed by atoms with Gasteiger partial charge in [-0.15, -0.1) is 5.10 Å². The maximum Gasteiger partial charge on any atom is 0.250 e. The van der Waals surface area contributed by atoms with Crippen LogP contribution in [-0.2, 0) is 4.79 Å². The summed E-state index contributed by atoms with van der Waals surface area (Å²) < 4.78 is 14.5. The van der Waals surface area contributed by atoms with Gasteiger partial charge in [-0.05, 0) is 38.1 Å². The highest BCUT2D eigenvalue weighted by atomic mass is 32.1. The number of hydrogen-bond donors (Lipinski definition) is 1. The van der Waals surface area contributed by atoms with Crippen molar-refractivity contribution >= 4 is 33.9 Å². The number of nitrogens with zero attached hydrogens (tertiary/aromatic N) is 3. The number of carbonyl (C=O) groups excluding carboxylic acids is 2. The zero-order valence-corrected chi connectivity index (χ0v) is 14.0. The summed E-state index contributed by atoms with van der Waals surface area (Å²) in [6.07, 6.45) is 0.0545. The number of benzene rings is 1. The number of halogens is 1. The van der Waals surface area contributed by atoms with Crippen LogP contribution in [0.3, 0.4) is 0 Å². The molecule has 24 heavy (non-hydrogen) atoms. The van der Waals surface area contributed by atoms with Crippen molar-refractivity contribution in [3.05, 3.63) is 46.2 Å². The molecule has 0 radical (unpaired) electrons. The number of thiazole rings is 1. The number of hydrogen-bond acceptors (Lipinski definition) is 5. The van der Waals surface area contributed by atoms with Crippen LogP contribution in [0.25, 0.3) is 4.96 Å². The average Bonchev–Trinajstić information content (AvgIpc) is 3.05. The Hall–Kier alpha value is -2.61. The van der Waals surface area contributed by atoms with Gasteiger partial charge in [-0.25, -0.2) is 8.91 Å². The maximum atomic E-state index is 12.8. The molecule has 0 saturated heterocycles. The Balaban J connectivity index is 1.58. The standard InChI is InChI=1S/C16H15FN4O2S/c1-9-10(2)24-16-19-15(20-21(9)16)18-14(23)8-7-13(22)11-3-5-12(17)6-4-11/h3-6H,7-8H2,1-2H3,(H,18,20,23). The van der Waals surface area contributed by atoms with Crippen molar-refractivity contribution < 1.29 is 14.0 Å². The number of rotatable bonds is 5. The zero-order chi connectivity index (χ0) is 17.3. The summed E-state index contributed by atoms with van der Waals surface area (Å²) in [5, 5.41) is 6.82. The van der Waals surface area contributed by atoms with E-state index in [1.165, 1.54) is 35.6 Å². The van der Waals surface area contributed by atoms with E-state index in [1.54, 1.807) is 4.52 Å². The van der Waals surface area contributed by atoms with Crippen molar-refractivity contribution in [1.29, 1.82) is 0 Å². The first-order valence-electron chi connectivity index (χ1n) is 7.35. The number of fused-ring (bicyclic) bond motifs is 1. The van der Waals surface area contributed by atoms with Crippen molar-refractivity contribution in [2.24, 2.45) is 0 Å². The number of aromatic nitrogens is 3. The lowest BCUT2D eigenvalue weighted by atomic mass is 10.1. The molecular formula is C16H15FN4O2S. The highest BCUT2D eigenvalue weighted by Crippen LogP contribution is 2.21. The van der Waals surface area contributed by atoms with Crippen LogP contribution in [-0.4, -0.2) is 26.3 Å². The Morgan fingerprint density at radius 3 is 2.58 bits per heavy atom. The summed E-state index contributed by atoms with van der Waals surface area (Å²) in [7, 11) is 0. The molecule has 0 saturated carbocycles. The lowest BCUT2D eigenvalue weighted by molar-refractivity contribution is -0.116. The summed E-state index contributed by atoms with van der Waals surface area (Å²) >= 11 is 1.50. The van der Waals surface area contributed by atoms with Crippen molar-refractivity contribution in [2.75, 3.05) is 5.32 Å². The average molecular weight is 346 g/mol. The third-order valence-electron chi connectivity index (χ3n) is 3.65. The largest absolute Gasteiger partial charge is 0.294 e. The molecule has 3 rings (SSSR count). The van der Waals surface area contributed by atoms with Crippen molar-refractivity contribution in [2.45, 2.75) is 26.7 Å². The van der Waals surface area contributed by atoms with Crippen molar-refractivity contribution in [1.82, 2.24) is 14.6 Å². The number of ketones is 1. The van der Waals surface area contributed by atoms with Crippen molar-refractivity contribution in [3.63, 3.8) is 0 Å². The van der Waals surface area contributed by atoms with Crippen LogP contribution in [0, 0.1) is 19.7 Å². The predicted molar refractivity (Wildman–Crippen MR) is 88.9 cm³/mol. The molecule has 0 atom stereocenters. The molecule has 0 aliphatic rings. The van der Waals surface area contributed by atoms with Gasteiger partial charge in [0.15, 0.2) is 5.78 Å². The highest BCUT2D eigenvalue weighted by Gasteiger charge is 2.14. The van der Waals surface area contributed by atoms with Crippen LogP contribution in [0.5, 0.6) is 0 Å². The summed E-state index contributed by atoms with van der Waals surface area (Å²) in [5.41, 5.74) is 1.37. The molecule has 0 bridgehead atoms. The smallest absolute Gasteiger partial charge is 0.250 e. The first-order valence-corrected chi connectivity index (χ1v) is 8.17. The molecule has 0 aliphatic carbocycles. The molecular weight excluding hydrogens is 331 g/mol. The molecule has 3 aromatic rings. The second-order valence-electron chi connectivity index (χ2n) is 5.35. The topological polar surface area (TPSA) is 76.4 Å². The molecule has 0 spiro atoms. The summed E-state index contributed by atoms with van der Waals surface area (Å²) in [6, 6.07) is 5.26. The minimum absolute atomic E-state index is 0.0150. The Labute approximate surface area is 141 Å². The number of anilines is 1. The third-order valence-corrected chi connectivity index (χ3v) is 4.69. The van der Waals surface area contributed by atoms with E-state index >= 15 is 0 Å². The lowest BCUT2D eigenvalue weighted by Gasteiger charge is -2.02. The van der Waals surface area contributed by atoms with Crippen LogP contribution in [0.15, 0.2) is 24.3 Å². The fourth-order valence-corrected chi connectivity index (χ4v) is 3.09. The van der Waals surface area contributed by atoms with E-state index in [-0.39, 0.29) is 30.5 Å². The first kappa shape index (κ1) is 16.3. The predicted octanol–water partition coefficient (Wildman–Crippen LogP) is 3.15. The van der Waals surface area contributed by atoms with E-state index in [0.717, 1.165) is 10.6 Å². The summed E-state index contributed by atoms with van der Waals surface area (Å²) in [5.74, 6) is -0.724. The minimum Gasteiger partial charge on any atom is -0.294 e. The van der Waals surface area contributed by atoms with Gasteiger partial charge in [-0.1, -0.05) is 11.3 Å². The van der Waals surface area contributed by atoms with Gasteiger partial charge in [0.2, 0.25) is 16.8 Å². The van der Waals surface area contributed by atoms with E-state index in [9.17, 15) is 14.0 Å². The van der Waals surface area contributed by atoms with E-state index in [4.69, 9.17) is 0 Å². The SMILES string of the molecule is Cc1sc2nc(NC(=O)CCC(=O)c3ccc(F)cc3)nn2c1C. The second-order valence-corrected chi connectivity index (χ2v) is 6.53. The molecule has 8 heteroatoms. The van der Waals surface area contributed by atoms with Gasteiger partial charge in [0.25, 0.3) is 0 Å². The van der Waals surface area contributed by atoms with Crippen LogP contribution in [0.1, 0.15) is 33.8 Å². The summed E-state index contributed by atoms with van der Waals surface area (Å²) in [4.78, 5) is 30.0. The van der Waals surface area contributed by atoms with Crippen LogP contribution in [0.4, 0.5) is 10.3 Å². The Morgan fingerprint density at radius 2 is 1.92 bits per heavy atom. The van der Waals surface area contributed by atoms with E-state index < -0.39 is 5.82 Å². The monoisotopic (exact) mass is 346 g/mol. The van der Waals surface area contributed by atoms with Gasteiger partial charge in [0.05, 0.1) is 5.69 Å². The molecule has 0 unspecified atom stereocenters. The van der Waals surface area contributed by atoms with Gasteiger partial charge in [0.1, 0.15) is 5.82 Å². The second kappa shape index (κ2) is 6.48. The van der Waals surface area contributed by atoms with Crippen LogP contribution >= 0.6 is 11.3 Å². The normalized spacial score (nSPS) is 11.0.